The third-order valence-corrected chi connectivity index (χ3v) is 4.29. The van der Waals surface area contributed by atoms with Crippen molar-refractivity contribution in [3.63, 3.8) is 0 Å². The zero-order valence-corrected chi connectivity index (χ0v) is 14.0. The molecule has 4 N–H and O–H groups in total. The molecule has 0 spiro atoms. The molecule has 1 amide bonds. The topological polar surface area (TPSA) is 119 Å². The SMILES string of the molecule is Cc1[nH]c(C=C2NC=CN=C2C2C=NNC2=O)c(C)c1CCC(=O)O. The molecule has 8 heteroatoms. The van der Waals surface area contributed by atoms with Crippen LogP contribution in [0, 0.1) is 19.8 Å². The Bertz CT molecular complexity index is 845. The zero-order chi connectivity index (χ0) is 18.0. The highest BCUT2D eigenvalue weighted by molar-refractivity contribution is 6.24. The predicted octanol–water partition coefficient (Wildman–Crippen LogP) is 1.24. The Morgan fingerprint density at radius 3 is 2.88 bits per heavy atom. The first-order chi connectivity index (χ1) is 12.0. The minimum atomic E-state index is -0.819. The van der Waals surface area contributed by atoms with E-state index in [0.717, 1.165) is 22.5 Å². The molecular weight excluding hydrogens is 322 g/mol. The molecule has 25 heavy (non-hydrogen) atoms. The Kier molecular flexibility index (Phi) is 4.51. The summed E-state index contributed by atoms with van der Waals surface area (Å²) in [4.78, 5) is 30.3. The molecule has 8 nitrogen and oxygen atoms in total. The van der Waals surface area contributed by atoms with Crippen LogP contribution in [0.3, 0.4) is 0 Å². The standard InChI is InChI=1S/C17H19N5O3/c1-9-11(3-4-15(23)24)10(2)21-13(9)7-14-16(19-6-5-18-14)12-8-20-22-17(12)25/h5-8,12,18,21H,3-4H2,1-2H3,(H,22,25)(H,23,24). The minimum absolute atomic E-state index is 0.0853. The van der Waals surface area contributed by atoms with Crippen LogP contribution >= 0.6 is 0 Å². The summed E-state index contributed by atoms with van der Waals surface area (Å²) in [6.07, 6.45) is 7.25. The summed E-state index contributed by atoms with van der Waals surface area (Å²) in [7, 11) is 0. The molecule has 2 aliphatic heterocycles. The normalized spacial score (nSPS) is 20.6. The van der Waals surface area contributed by atoms with Crippen LogP contribution in [-0.4, -0.2) is 33.9 Å². The lowest BCUT2D eigenvalue weighted by Crippen LogP contribution is -2.32. The van der Waals surface area contributed by atoms with E-state index in [1.165, 1.54) is 6.21 Å². The quantitative estimate of drug-likeness (QED) is 0.644. The Balaban J connectivity index is 1.91. The molecule has 0 bridgehead atoms. The predicted molar refractivity (Wildman–Crippen MR) is 94.0 cm³/mol. The van der Waals surface area contributed by atoms with Crippen molar-refractivity contribution in [2.75, 3.05) is 0 Å². The lowest BCUT2D eigenvalue weighted by atomic mass is 9.99. The summed E-state index contributed by atoms with van der Waals surface area (Å²) in [5.74, 6) is -1.57. The molecule has 0 saturated heterocycles. The highest BCUT2D eigenvalue weighted by Gasteiger charge is 2.29. The van der Waals surface area contributed by atoms with E-state index in [2.05, 4.69) is 25.8 Å². The van der Waals surface area contributed by atoms with Crippen LogP contribution in [0.5, 0.6) is 0 Å². The number of carboxylic acids is 1. The Morgan fingerprint density at radius 2 is 2.20 bits per heavy atom. The number of nitrogens with zero attached hydrogens (tertiary/aromatic N) is 2. The molecule has 0 saturated carbocycles. The van der Waals surface area contributed by atoms with E-state index < -0.39 is 11.9 Å². The lowest BCUT2D eigenvalue weighted by molar-refractivity contribution is -0.137. The first kappa shape index (κ1) is 16.7. The number of hydrogen-bond acceptors (Lipinski definition) is 5. The fourth-order valence-corrected chi connectivity index (χ4v) is 2.97. The maximum atomic E-state index is 11.9. The van der Waals surface area contributed by atoms with Crippen molar-refractivity contribution in [1.82, 2.24) is 15.7 Å². The van der Waals surface area contributed by atoms with Crippen LogP contribution in [0.2, 0.25) is 0 Å². The molecule has 0 fully saturated rings. The highest BCUT2D eigenvalue weighted by Crippen LogP contribution is 2.23. The molecule has 3 rings (SSSR count). The number of allylic oxidation sites excluding steroid dienone is 1. The number of carbonyl (C=O) groups is 2. The number of rotatable bonds is 5. The number of aromatic nitrogens is 1. The van der Waals surface area contributed by atoms with Crippen molar-refractivity contribution < 1.29 is 14.7 Å². The monoisotopic (exact) mass is 341 g/mol. The van der Waals surface area contributed by atoms with E-state index in [0.29, 0.717) is 17.8 Å². The second kappa shape index (κ2) is 6.76. The number of carboxylic acid groups (broad SMARTS) is 1. The Morgan fingerprint density at radius 1 is 1.40 bits per heavy atom. The van der Waals surface area contributed by atoms with Gasteiger partial charge in [-0.15, -0.1) is 0 Å². The van der Waals surface area contributed by atoms with E-state index in [9.17, 15) is 9.59 Å². The average molecular weight is 341 g/mol. The molecule has 0 aromatic carbocycles. The Hall–Kier alpha value is -3.16. The summed E-state index contributed by atoms with van der Waals surface area (Å²) in [5.41, 5.74) is 7.48. The van der Waals surface area contributed by atoms with E-state index in [-0.39, 0.29) is 12.3 Å². The maximum Gasteiger partial charge on any atom is 0.303 e. The van der Waals surface area contributed by atoms with Gasteiger partial charge in [-0.2, -0.15) is 5.10 Å². The second-order valence-electron chi connectivity index (χ2n) is 5.93. The smallest absolute Gasteiger partial charge is 0.303 e. The Labute approximate surface area is 144 Å². The summed E-state index contributed by atoms with van der Waals surface area (Å²) >= 11 is 0. The van der Waals surface area contributed by atoms with Crippen LogP contribution in [0.25, 0.3) is 6.08 Å². The van der Waals surface area contributed by atoms with Gasteiger partial charge >= 0.3 is 5.97 Å². The van der Waals surface area contributed by atoms with Gasteiger partial charge in [-0.3, -0.25) is 14.6 Å². The third kappa shape index (κ3) is 3.37. The van der Waals surface area contributed by atoms with Crippen LogP contribution in [0.1, 0.15) is 28.9 Å². The van der Waals surface area contributed by atoms with Gasteiger partial charge in [-0.1, -0.05) is 0 Å². The van der Waals surface area contributed by atoms with E-state index in [1.807, 2.05) is 19.9 Å². The van der Waals surface area contributed by atoms with Gasteiger partial charge in [-0.05, 0) is 37.5 Å². The van der Waals surface area contributed by atoms with Gasteiger partial charge in [0.1, 0.15) is 5.92 Å². The molecular formula is C17H19N5O3. The fraction of sp³-hybridized carbons (Fsp3) is 0.294. The van der Waals surface area contributed by atoms with Crippen molar-refractivity contribution >= 4 is 29.9 Å². The number of H-pyrrole nitrogens is 1. The summed E-state index contributed by atoms with van der Waals surface area (Å²) in [6, 6.07) is 0. The number of amides is 1. The highest BCUT2D eigenvalue weighted by atomic mass is 16.4. The summed E-state index contributed by atoms with van der Waals surface area (Å²) in [5, 5.41) is 15.8. The van der Waals surface area contributed by atoms with Crippen molar-refractivity contribution in [1.29, 1.82) is 0 Å². The van der Waals surface area contributed by atoms with Crippen molar-refractivity contribution in [2.45, 2.75) is 26.7 Å². The first-order valence-electron chi connectivity index (χ1n) is 7.91. The first-order valence-corrected chi connectivity index (χ1v) is 7.91. The number of aryl methyl sites for hydroxylation is 1. The van der Waals surface area contributed by atoms with E-state index in [4.69, 9.17) is 5.11 Å². The minimum Gasteiger partial charge on any atom is -0.481 e. The van der Waals surface area contributed by atoms with Crippen molar-refractivity contribution in [3.05, 3.63) is 40.6 Å². The number of aliphatic imine (C=N–C) groups is 1. The summed E-state index contributed by atoms with van der Waals surface area (Å²) < 4.78 is 0. The van der Waals surface area contributed by atoms with E-state index in [1.54, 1.807) is 12.4 Å². The average Bonchev–Trinajstić information content (AvgIpc) is 3.10. The number of aromatic amines is 1. The number of hydrogen-bond donors (Lipinski definition) is 4. The summed E-state index contributed by atoms with van der Waals surface area (Å²) in [6.45, 7) is 3.87. The number of hydrazone groups is 1. The molecule has 3 heterocycles. The molecule has 2 aliphatic rings. The molecule has 130 valence electrons. The van der Waals surface area contributed by atoms with Crippen molar-refractivity contribution in [3.8, 4) is 0 Å². The van der Waals surface area contributed by atoms with Gasteiger partial charge in [0.2, 0.25) is 0 Å². The van der Waals surface area contributed by atoms with Crippen LogP contribution < -0.4 is 10.7 Å². The lowest BCUT2D eigenvalue weighted by Gasteiger charge is -2.16. The van der Waals surface area contributed by atoms with Gasteiger partial charge in [0.15, 0.2) is 0 Å². The molecule has 1 atom stereocenters. The van der Waals surface area contributed by atoms with Gasteiger partial charge in [0.25, 0.3) is 5.91 Å². The largest absolute Gasteiger partial charge is 0.481 e. The number of carbonyl (C=O) groups excluding carboxylic acids is 1. The van der Waals surface area contributed by atoms with Crippen LogP contribution in [-0.2, 0) is 16.0 Å². The van der Waals surface area contributed by atoms with Crippen LogP contribution in [0.4, 0.5) is 0 Å². The molecule has 0 aliphatic carbocycles. The molecule has 1 aromatic rings. The molecule has 0 radical (unpaired) electrons. The van der Waals surface area contributed by atoms with E-state index >= 15 is 0 Å². The second-order valence-corrected chi connectivity index (χ2v) is 5.93. The van der Waals surface area contributed by atoms with Gasteiger partial charge < -0.3 is 15.4 Å². The number of aliphatic carboxylic acids is 1. The van der Waals surface area contributed by atoms with Gasteiger partial charge in [0.05, 0.1) is 11.4 Å². The number of nitrogens with one attached hydrogen (secondary N) is 3. The maximum absolute atomic E-state index is 11.9. The van der Waals surface area contributed by atoms with Gasteiger partial charge in [0, 0.05) is 36.4 Å². The molecule has 1 aromatic heterocycles. The van der Waals surface area contributed by atoms with Gasteiger partial charge in [-0.25, -0.2) is 5.43 Å². The third-order valence-electron chi connectivity index (χ3n) is 4.29. The van der Waals surface area contributed by atoms with Crippen molar-refractivity contribution in [2.24, 2.45) is 16.0 Å². The van der Waals surface area contributed by atoms with Crippen LogP contribution in [0.15, 0.2) is 28.2 Å². The fourth-order valence-electron chi connectivity index (χ4n) is 2.97. The zero-order valence-electron chi connectivity index (χ0n) is 14.0. The molecule has 1 unspecified atom stereocenters.